The predicted molar refractivity (Wildman–Crippen MR) is 72.8 cm³/mol. The van der Waals surface area contributed by atoms with Gasteiger partial charge in [-0.25, -0.2) is 0 Å². The van der Waals surface area contributed by atoms with E-state index in [4.69, 9.17) is 4.74 Å². The molecule has 2 aliphatic rings. The quantitative estimate of drug-likeness (QED) is 0.893. The standard InChI is InChI=1S/C15H17NO4/c17-14(13-6-3-9-20-13)16-8-7-11(15(18)19)10-4-1-2-5-12(10)16/h1-2,4-5,11,13H,3,6-9H2,(H,18,19)/t11?,13-/m1/s1. The number of anilines is 1. The highest BCUT2D eigenvalue weighted by molar-refractivity contribution is 5.99. The summed E-state index contributed by atoms with van der Waals surface area (Å²) >= 11 is 0. The molecule has 2 atom stereocenters. The van der Waals surface area contributed by atoms with Crippen molar-refractivity contribution in [3.05, 3.63) is 29.8 Å². The minimum Gasteiger partial charge on any atom is -0.481 e. The van der Waals surface area contributed by atoms with Gasteiger partial charge in [0.2, 0.25) is 0 Å². The van der Waals surface area contributed by atoms with E-state index < -0.39 is 11.9 Å². The van der Waals surface area contributed by atoms with Crippen molar-refractivity contribution >= 4 is 17.6 Å². The van der Waals surface area contributed by atoms with Gasteiger partial charge in [0.05, 0.1) is 5.92 Å². The van der Waals surface area contributed by atoms with Gasteiger partial charge in [0.15, 0.2) is 0 Å². The van der Waals surface area contributed by atoms with Crippen LogP contribution >= 0.6 is 0 Å². The van der Waals surface area contributed by atoms with Gasteiger partial charge >= 0.3 is 5.97 Å². The monoisotopic (exact) mass is 275 g/mol. The van der Waals surface area contributed by atoms with Gasteiger partial charge in [-0.1, -0.05) is 18.2 Å². The summed E-state index contributed by atoms with van der Waals surface area (Å²) in [5, 5.41) is 9.29. The largest absolute Gasteiger partial charge is 0.481 e. The van der Waals surface area contributed by atoms with Crippen LogP contribution < -0.4 is 4.90 Å². The molecule has 5 nitrogen and oxygen atoms in total. The molecule has 1 fully saturated rings. The SMILES string of the molecule is O=C(O)C1CCN(C(=O)[C@H]2CCCO2)c2ccccc21. The number of hydrogen-bond acceptors (Lipinski definition) is 3. The fourth-order valence-corrected chi connectivity index (χ4v) is 2.99. The molecule has 1 aromatic carbocycles. The van der Waals surface area contributed by atoms with Crippen LogP contribution in [0.2, 0.25) is 0 Å². The molecule has 106 valence electrons. The predicted octanol–water partition coefficient (Wildman–Crippen LogP) is 1.77. The summed E-state index contributed by atoms with van der Waals surface area (Å²) in [5.74, 6) is -1.40. The third-order valence-electron chi connectivity index (χ3n) is 4.01. The average Bonchev–Trinajstić information content (AvgIpc) is 2.99. The summed E-state index contributed by atoms with van der Waals surface area (Å²) in [7, 11) is 0. The Morgan fingerprint density at radius 1 is 1.25 bits per heavy atom. The number of nitrogens with zero attached hydrogens (tertiary/aromatic N) is 1. The molecule has 1 amide bonds. The minimum absolute atomic E-state index is 0.0428. The Morgan fingerprint density at radius 2 is 2.05 bits per heavy atom. The molecule has 3 rings (SSSR count). The fraction of sp³-hybridized carbons (Fsp3) is 0.467. The second-order valence-electron chi connectivity index (χ2n) is 5.23. The van der Waals surface area contributed by atoms with Crippen LogP contribution in [0.25, 0.3) is 0 Å². The third kappa shape index (κ3) is 2.18. The Kier molecular flexibility index (Phi) is 3.44. The Bertz CT molecular complexity index is 536. The number of aliphatic carboxylic acids is 1. The highest BCUT2D eigenvalue weighted by Gasteiger charge is 2.36. The maximum atomic E-state index is 12.5. The average molecular weight is 275 g/mol. The van der Waals surface area contributed by atoms with Gasteiger partial charge < -0.3 is 14.7 Å². The maximum Gasteiger partial charge on any atom is 0.311 e. The van der Waals surface area contributed by atoms with Gasteiger partial charge in [-0.2, -0.15) is 0 Å². The van der Waals surface area contributed by atoms with Crippen LogP contribution in [0.4, 0.5) is 5.69 Å². The molecular weight excluding hydrogens is 258 g/mol. The Balaban J connectivity index is 1.92. The van der Waals surface area contributed by atoms with Gasteiger partial charge in [0.25, 0.3) is 5.91 Å². The summed E-state index contributed by atoms with van der Waals surface area (Å²) < 4.78 is 5.45. The third-order valence-corrected chi connectivity index (χ3v) is 4.01. The van der Waals surface area contributed by atoms with Crippen LogP contribution in [0.5, 0.6) is 0 Å². The molecule has 1 aromatic rings. The number of carbonyl (C=O) groups is 2. The van der Waals surface area contributed by atoms with E-state index in [1.54, 1.807) is 11.0 Å². The van der Waals surface area contributed by atoms with Crippen LogP contribution in [0.3, 0.4) is 0 Å². The zero-order valence-electron chi connectivity index (χ0n) is 11.1. The topological polar surface area (TPSA) is 66.8 Å². The number of para-hydroxylation sites is 1. The van der Waals surface area contributed by atoms with E-state index in [0.29, 0.717) is 25.3 Å². The maximum absolute atomic E-state index is 12.5. The number of benzene rings is 1. The van der Waals surface area contributed by atoms with Crippen LogP contribution in [-0.4, -0.2) is 36.2 Å². The molecule has 2 heterocycles. The van der Waals surface area contributed by atoms with Gasteiger partial charge in [-0.05, 0) is 30.9 Å². The van der Waals surface area contributed by atoms with Crippen molar-refractivity contribution in [2.45, 2.75) is 31.3 Å². The van der Waals surface area contributed by atoms with E-state index in [0.717, 1.165) is 18.4 Å². The van der Waals surface area contributed by atoms with Crippen molar-refractivity contribution in [2.75, 3.05) is 18.1 Å². The Hall–Kier alpha value is -1.88. The number of hydrogen-bond donors (Lipinski definition) is 1. The fourth-order valence-electron chi connectivity index (χ4n) is 2.99. The molecule has 5 heteroatoms. The van der Waals surface area contributed by atoms with Crippen molar-refractivity contribution in [1.29, 1.82) is 0 Å². The Morgan fingerprint density at radius 3 is 2.75 bits per heavy atom. The second-order valence-corrected chi connectivity index (χ2v) is 5.23. The van der Waals surface area contributed by atoms with E-state index in [1.165, 1.54) is 0 Å². The molecule has 0 aromatic heterocycles. The number of carbonyl (C=O) groups excluding carboxylic acids is 1. The van der Waals surface area contributed by atoms with Gasteiger partial charge in [0, 0.05) is 18.8 Å². The van der Waals surface area contributed by atoms with E-state index in [-0.39, 0.29) is 12.0 Å². The summed E-state index contributed by atoms with van der Waals surface area (Å²) in [5.41, 5.74) is 1.43. The number of carboxylic acid groups (broad SMARTS) is 1. The molecular formula is C15H17NO4. The van der Waals surface area contributed by atoms with Gasteiger partial charge in [0.1, 0.15) is 6.10 Å². The first-order valence-corrected chi connectivity index (χ1v) is 6.93. The number of amides is 1. The molecule has 0 saturated carbocycles. The smallest absolute Gasteiger partial charge is 0.311 e. The highest BCUT2D eigenvalue weighted by Crippen LogP contribution is 2.36. The number of carboxylic acids is 1. The molecule has 0 spiro atoms. The highest BCUT2D eigenvalue weighted by atomic mass is 16.5. The lowest BCUT2D eigenvalue weighted by molar-refractivity contribution is -0.139. The summed E-state index contributed by atoms with van der Waals surface area (Å²) in [6.45, 7) is 1.07. The lowest BCUT2D eigenvalue weighted by atomic mass is 9.89. The van der Waals surface area contributed by atoms with E-state index in [2.05, 4.69) is 0 Å². The minimum atomic E-state index is -0.832. The molecule has 0 aliphatic carbocycles. The molecule has 0 bridgehead atoms. The van der Waals surface area contributed by atoms with E-state index in [1.807, 2.05) is 18.2 Å². The van der Waals surface area contributed by atoms with Crippen molar-refractivity contribution in [2.24, 2.45) is 0 Å². The lowest BCUT2D eigenvalue weighted by Gasteiger charge is -2.33. The molecule has 1 unspecified atom stereocenters. The van der Waals surface area contributed by atoms with Crippen molar-refractivity contribution < 1.29 is 19.4 Å². The van der Waals surface area contributed by atoms with Crippen LogP contribution in [-0.2, 0) is 14.3 Å². The zero-order chi connectivity index (χ0) is 14.1. The lowest BCUT2D eigenvalue weighted by Crippen LogP contribution is -2.43. The summed E-state index contributed by atoms with van der Waals surface area (Å²) in [6.07, 6.45) is 1.73. The Labute approximate surface area is 117 Å². The zero-order valence-corrected chi connectivity index (χ0v) is 11.1. The number of fused-ring (bicyclic) bond motifs is 1. The molecule has 1 saturated heterocycles. The summed E-state index contributed by atoms with van der Waals surface area (Å²) in [6, 6.07) is 7.26. The van der Waals surface area contributed by atoms with Crippen molar-refractivity contribution in [1.82, 2.24) is 0 Å². The van der Waals surface area contributed by atoms with Crippen molar-refractivity contribution in [3.8, 4) is 0 Å². The second kappa shape index (κ2) is 5.25. The van der Waals surface area contributed by atoms with E-state index in [9.17, 15) is 14.7 Å². The van der Waals surface area contributed by atoms with Crippen molar-refractivity contribution in [3.63, 3.8) is 0 Å². The van der Waals surface area contributed by atoms with Crippen LogP contribution in [0.15, 0.2) is 24.3 Å². The van der Waals surface area contributed by atoms with Gasteiger partial charge in [-0.15, -0.1) is 0 Å². The van der Waals surface area contributed by atoms with Gasteiger partial charge in [-0.3, -0.25) is 9.59 Å². The molecule has 2 aliphatic heterocycles. The first kappa shape index (κ1) is 13.1. The van der Waals surface area contributed by atoms with Crippen LogP contribution in [0.1, 0.15) is 30.7 Å². The normalized spacial score (nSPS) is 25.3. The summed E-state index contributed by atoms with van der Waals surface area (Å²) in [4.78, 5) is 25.5. The molecule has 20 heavy (non-hydrogen) atoms. The molecule has 1 N–H and O–H groups in total. The number of ether oxygens (including phenoxy) is 1. The first-order valence-electron chi connectivity index (χ1n) is 6.93. The van der Waals surface area contributed by atoms with Crippen LogP contribution in [0, 0.1) is 0 Å². The molecule has 0 radical (unpaired) electrons. The number of rotatable bonds is 2. The van der Waals surface area contributed by atoms with E-state index >= 15 is 0 Å². The first-order chi connectivity index (χ1) is 9.68.